The van der Waals surface area contributed by atoms with Gasteiger partial charge in [-0.3, -0.25) is 4.79 Å². The van der Waals surface area contributed by atoms with Crippen LogP contribution in [0.2, 0.25) is 5.02 Å². The second kappa shape index (κ2) is 6.32. The maximum atomic E-state index is 11.9. The molecule has 0 aliphatic rings. The summed E-state index contributed by atoms with van der Waals surface area (Å²) in [5.74, 6) is 2.39. The maximum absolute atomic E-state index is 11.9. The first-order valence-corrected chi connectivity index (χ1v) is 5.98. The highest BCUT2D eigenvalue weighted by Crippen LogP contribution is 2.14. The number of hydrogen-bond acceptors (Lipinski definition) is 1. The van der Waals surface area contributed by atoms with Gasteiger partial charge in [-0.05, 0) is 37.1 Å². The van der Waals surface area contributed by atoms with Crippen LogP contribution < -0.4 is 5.32 Å². The molecule has 1 unspecified atom stereocenters. The van der Waals surface area contributed by atoms with E-state index >= 15 is 0 Å². The van der Waals surface area contributed by atoms with Crippen LogP contribution in [0.25, 0.3) is 0 Å². The van der Waals surface area contributed by atoms with Gasteiger partial charge in [0.15, 0.2) is 0 Å². The summed E-state index contributed by atoms with van der Waals surface area (Å²) in [5, 5.41) is 3.36. The van der Waals surface area contributed by atoms with Crippen LogP contribution in [0, 0.1) is 19.3 Å². The van der Waals surface area contributed by atoms with Crippen LogP contribution in [0.1, 0.15) is 35.7 Å². The second-order valence-electron chi connectivity index (χ2n) is 4.00. The molecule has 90 valence electrons. The summed E-state index contributed by atoms with van der Waals surface area (Å²) in [7, 11) is 0. The predicted octanol–water partition coefficient (Wildman–Crippen LogP) is 3.18. The molecule has 1 N–H and O–H groups in total. The summed E-state index contributed by atoms with van der Waals surface area (Å²) in [6.45, 7) is 3.92. The van der Waals surface area contributed by atoms with Crippen molar-refractivity contribution in [2.75, 3.05) is 0 Å². The lowest BCUT2D eigenvalue weighted by atomic mass is 10.1. The molecule has 0 aliphatic heterocycles. The van der Waals surface area contributed by atoms with Crippen molar-refractivity contribution in [3.63, 3.8) is 0 Å². The van der Waals surface area contributed by atoms with Gasteiger partial charge in [-0.25, -0.2) is 0 Å². The fraction of sp³-hybridized carbons (Fsp3) is 0.357. The van der Waals surface area contributed by atoms with E-state index in [0.29, 0.717) is 10.6 Å². The van der Waals surface area contributed by atoms with Gasteiger partial charge in [0.1, 0.15) is 0 Å². The molecule has 1 amide bonds. The molecule has 1 aromatic rings. The van der Waals surface area contributed by atoms with E-state index in [4.69, 9.17) is 18.0 Å². The molecule has 2 nitrogen and oxygen atoms in total. The Kier molecular flexibility index (Phi) is 5.06. The maximum Gasteiger partial charge on any atom is 0.252 e. The summed E-state index contributed by atoms with van der Waals surface area (Å²) < 4.78 is 0. The standard InChI is InChI=1S/C14H16ClNO/c1-4-6-13(5-2)16-14(17)11-7-10(3)8-12(15)9-11/h2,7-9,13H,4,6H2,1,3H3,(H,16,17). The van der Waals surface area contributed by atoms with E-state index in [-0.39, 0.29) is 11.9 Å². The first-order chi connectivity index (χ1) is 8.06. The molecule has 0 saturated heterocycles. The van der Waals surface area contributed by atoms with Crippen molar-refractivity contribution in [3.8, 4) is 12.3 Å². The van der Waals surface area contributed by atoms with E-state index in [0.717, 1.165) is 18.4 Å². The smallest absolute Gasteiger partial charge is 0.252 e. The summed E-state index contributed by atoms with van der Waals surface area (Å²) in [6, 6.07) is 5.03. The van der Waals surface area contributed by atoms with Crippen LogP contribution in [0.3, 0.4) is 0 Å². The van der Waals surface area contributed by atoms with Crippen molar-refractivity contribution in [1.82, 2.24) is 5.32 Å². The minimum atomic E-state index is -0.216. The average molecular weight is 250 g/mol. The Bertz CT molecular complexity index is 428. The number of amides is 1. The minimum Gasteiger partial charge on any atom is -0.338 e. The third-order valence-electron chi connectivity index (χ3n) is 2.39. The first-order valence-electron chi connectivity index (χ1n) is 5.61. The third-order valence-corrected chi connectivity index (χ3v) is 2.61. The Hall–Kier alpha value is -1.46. The van der Waals surface area contributed by atoms with Crippen molar-refractivity contribution in [3.05, 3.63) is 34.3 Å². The van der Waals surface area contributed by atoms with E-state index in [2.05, 4.69) is 11.2 Å². The fourth-order valence-electron chi connectivity index (χ4n) is 1.59. The van der Waals surface area contributed by atoms with E-state index in [1.807, 2.05) is 19.9 Å². The number of rotatable bonds is 4. The van der Waals surface area contributed by atoms with Crippen molar-refractivity contribution in [2.24, 2.45) is 0 Å². The van der Waals surface area contributed by atoms with Crippen LogP contribution in [-0.2, 0) is 0 Å². The molecule has 1 rings (SSSR count). The monoisotopic (exact) mass is 249 g/mol. The lowest BCUT2D eigenvalue weighted by Gasteiger charge is -2.12. The number of nitrogens with one attached hydrogen (secondary N) is 1. The van der Waals surface area contributed by atoms with Gasteiger partial charge in [0.2, 0.25) is 0 Å². The van der Waals surface area contributed by atoms with E-state index in [1.54, 1.807) is 12.1 Å². The third kappa shape index (κ3) is 4.13. The van der Waals surface area contributed by atoms with Gasteiger partial charge in [-0.1, -0.05) is 30.9 Å². The van der Waals surface area contributed by atoms with Gasteiger partial charge in [-0.15, -0.1) is 6.42 Å². The largest absolute Gasteiger partial charge is 0.338 e. The average Bonchev–Trinajstić information content (AvgIpc) is 2.27. The molecule has 0 spiro atoms. The van der Waals surface area contributed by atoms with E-state index in [9.17, 15) is 4.79 Å². The normalized spacial score (nSPS) is 11.6. The van der Waals surface area contributed by atoms with Gasteiger partial charge in [0.25, 0.3) is 5.91 Å². The lowest BCUT2D eigenvalue weighted by molar-refractivity contribution is 0.0944. The summed E-state index contributed by atoms with van der Waals surface area (Å²) in [4.78, 5) is 11.9. The first kappa shape index (κ1) is 13.6. The van der Waals surface area contributed by atoms with E-state index in [1.165, 1.54) is 0 Å². The number of benzene rings is 1. The summed E-state index contributed by atoms with van der Waals surface area (Å²) >= 11 is 5.91. The Morgan fingerprint density at radius 3 is 2.76 bits per heavy atom. The Morgan fingerprint density at radius 1 is 1.53 bits per heavy atom. The topological polar surface area (TPSA) is 29.1 Å². The van der Waals surface area contributed by atoms with Gasteiger partial charge in [0.05, 0.1) is 6.04 Å². The SMILES string of the molecule is C#CC(CCC)NC(=O)c1cc(C)cc(Cl)c1. The minimum absolute atomic E-state index is 0.174. The molecule has 3 heteroatoms. The van der Waals surface area contributed by atoms with Gasteiger partial charge >= 0.3 is 0 Å². The molecular weight excluding hydrogens is 234 g/mol. The van der Waals surface area contributed by atoms with Crippen LogP contribution in [0.15, 0.2) is 18.2 Å². The van der Waals surface area contributed by atoms with Crippen LogP contribution in [0.4, 0.5) is 0 Å². The lowest BCUT2D eigenvalue weighted by Crippen LogP contribution is -2.33. The quantitative estimate of drug-likeness (QED) is 0.816. The van der Waals surface area contributed by atoms with Crippen molar-refractivity contribution < 1.29 is 4.79 Å². The van der Waals surface area contributed by atoms with Crippen molar-refractivity contribution >= 4 is 17.5 Å². The molecule has 0 bridgehead atoms. The number of carbonyl (C=O) groups excluding carboxylic acids is 1. The number of aryl methyl sites for hydroxylation is 1. The summed E-state index contributed by atoms with van der Waals surface area (Å²) in [6.07, 6.45) is 7.07. The molecular formula is C14H16ClNO. The second-order valence-corrected chi connectivity index (χ2v) is 4.44. The molecule has 17 heavy (non-hydrogen) atoms. The number of carbonyl (C=O) groups is 1. The van der Waals surface area contributed by atoms with Gasteiger partial charge in [0, 0.05) is 10.6 Å². The number of hydrogen-bond donors (Lipinski definition) is 1. The van der Waals surface area contributed by atoms with Crippen molar-refractivity contribution in [1.29, 1.82) is 0 Å². The Morgan fingerprint density at radius 2 is 2.24 bits per heavy atom. The zero-order valence-corrected chi connectivity index (χ0v) is 10.8. The zero-order chi connectivity index (χ0) is 12.8. The summed E-state index contributed by atoms with van der Waals surface area (Å²) in [5.41, 5.74) is 1.50. The van der Waals surface area contributed by atoms with Crippen LogP contribution in [0.5, 0.6) is 0 Å². The van der Waals surface area contributed by atoms with Gasteiger partial charge < -0.3 is 5.32 Å². The highest BCUT2D eigenvalue weighted by molar-refractivity contribution is 6.31. The predicted molar refractivity (Wildman–Crippen MR) is 71.2 cm³/mol. The van der Waals surface area contributed by atoms with Crippen LogP contribution in [-0.4, -0.2) is 11.9 Å². The Labute approximate surface area is 107 Å². The molecule has 0 radical (unpaired) electrons. The molecule has 1 atom stereocenters. The highest BCUT2D eigenvalue weighted by atomic mass is 35.5. The van der Waals surface area contributed by atoms with Gasteiger partial charge in [-0.2, -0.15) is 0 Å². The molecule has 0 saturated carbocycles. The fourth-order valence-corrected chi connectivity index (χ4v) is 1.88. The number of terminal acetylenes is 1. The molecule has 0 heterocycles. The molecule has 0 aromatic heterocycles. The number of halogens is 1. The molecule has 1 aromatic carbocycles. The highest BCUT2D eigenvalue weighted by Gasteiger charge is 2.11. The molecule has 0 fully saturated rings. The van der Waals surface area contributed by atoms with Crippen LogP contribution >= 0.6 is 11.6 Å². The van der Waals surface area contributed by atoms with Crippen molar-refractivity contribution in [2.45, 2.75) is 32.7 Å². The van der Waals surface area contributed by atoms with E-state index < -0.39 is 0 Å². The zero-order valence-electron chi connectivity index (χ0n) is 10.1. The Balaban J connectivity index is 2.79. The molecule has 0 aliphatic carbocycles.